The van der Waals surface area contributed by atoms with E-state index in [9.17, 15) is 9.90 Å². The maximum absolute atomic E-state index is 11.4. The molecule has 0 fully saturated rings. The lowest BCUT2D eigenvalue weighted by Crippen LogP contribution is -2.27. The van der Waals surface area contributed by atoms with Gasteiger partial charge in [-0.3, -0.25) is 0 Å². The van der Waals surface area contributed by atoms with Crippen molar-refractivity contribution in [3.8, 4) is 11.5 Å². The van der Waals surface area contributed by atoms with E-state index in [0.717, 1.165) is 5.56 Å². The van der Waals surface area contributed by atoms with Crippen molar-refractivity contribution in [3.05, 3.63) is 60.2 Å². The van der Waals surface area contributed by atoms with E-state index in [1.807, 2.05) is 43.3 Å². The summed E-state index contributed by atoms with van der Waals surface area (Å²) in [5.74, 6) is 0.0583. The molecule has 4 nitrogen and oxygen atoms in total. The van der Waals surface area contributed by atoms with E-state index >= 15 is 0 Å². The zero-order valence-electron chi connectivity index (χ0n) is 12.6. The van der Waals surface area contributed by atoms with Gasteiger partial charge in [-0.15, -0.1) is 0 Å². The minimum atomic E-state index is -0.970. The number of rotatable bonds is 8. The van der Waals surface area contributed by atoms with E-state index in [2.05, 4.69) is 0 Å². The molecule has 22 heavy (non-hydrogen) atoms. The lowest BCUT2D eigenvalue weighted by molar-refractivity contribution is -0.145. The van der Waals surface area contributed by atoms with Crippen LogP contribution in [-0.4, -0.2) is 23.8 Å². The summed E-state index contributed by atoms with van der Waals surface area (Å²) in [5, 5.41) is 9.37. The molecule has 2 rings (SSSR count). The summed E-state index contributed by atoms with van der Waals surface area (Å²) in [7, 11) is 0. The van der Waals surface area contributed by atoms with E-state index in [0.29, 0.717) is 30.9 Å². The highest BCUT2D eigenvalue weighted by Crippen LogP contribution is 2.28. The van der Waals surface area contributed by atoms with Gasteiger partial charge in [0.1, 0.15) is 0 Å². The van der Waals surface area contributed by atoms with Gasteiger partial charge in [-0.05, 0) is 37.5 Å². The summed E-state index contributed by atoms with van der Waals surface area (Å²) >= 11 is 0. The molecular weight excluding hydrogens is 280 g/mol. The quantitative estimate of drug-likeness (QED) is 0.810. The van der Waals surface area contributed by atoms with E-state index < -0.39 is 12.1 Å². The van der Waals surface area contributed by atoms with Crippen molar-refractivity contribution in [1.29, 1.82) is 0 Å². The Hall–Kier alpha value is -2.49. The Morgan fingerprint density at radius 3 is 2.32 bits per heavy atom. The highest BCUT2D eigenvalue weighted by atomic mass is 16.5. The summed E-state index contributed by atoms with van der Waals surface area (Å²) in [5.41, 5.74) is 1.09. The number of hydrogen-bond donors (Lipinski definition) is 1. The number of para-hydroxylation sites is 2. The predicted octanol–water partition coefficient (Wildman–Crippen LogP) is 3.55. The van der Waals surface area contributed by atoms with Gasteiger partial charge < -0.3 is 14.6 Å². The Morgan fingerprint density at radius 2 is 1.68 bits per heavy atom. The molecule has 0 spiro atoms. The molecule has 1 atom stereocenters. The van der Waals surface area contributed by atoms with Crippen LogP contribution >= 0.6 is 0 Å². The number of carboxylic acids is 1. The number of hydrogen-bond acceptors (Lipinski definition) is 3. The van der Waals surface area contributed by atoms with Crippen molar-refractivity contribution in [2.75, 3.05) is 6.61 Å². The standard InChI is InChI=1S/C18H20O4/c1-2-21-15-10-6-7-11-16(15)22-17(18(19)20)13-12-14-8-4-3-5-9-14/h3-11,17H,2,12-13H2,1H3,(H,19,20). The van der Waals surface area contributed by atoms with Gasteiger partial charge in [-0.1, -0.05) is 42.5 Å². The van der Waals surface area contributed by atoms with Gasteiger partial charge in [-0.2, -0.15) is 0 Å². The minimum Gasteiger partial charge on any atom is -0.490 e. The molecule has 0 bridgehead atoms. The maximum atomic E-state index is 11.4. The lowest BCUT2D eigenvalue weighted by atomic mass is 10.1. The topological polar surface area (TPSA) is 55.8 Å². The van der Waals surface area contributed by atoms with Crippen LogP contribution in [-0.2, 0) is 11.2 Å². The number of aliphatic carboxylic acids is 1. The van der Waals surface area contributed by atoms with Gasteiger partial charge in [0.2, 0.25) is 0 Å². The zero-order valence-corrected chi connectivity index (χ0v) is 12.6. The fraction of sp³-hybridized carbons (Fsp3) is 0.278. The number of benzene rings is 2. The van der Waals surface area contributed by atoms with Crippen LogP contribution in [0.2, 0.25) is 0 Å². The molecule has 0 aliphatic carbocycles. The Balaban J connectivity index is 2.04. The normalized spacial score (nSPS) is 11.7. The zero-order chi connectivity index (χ0) is 15.8. The molecule has 0 aromatic heterocycles. The SMILES string of the molecule is CCOc1ccccc1OC(CCc1ccccc1)C(=O)O. The third-order valence-electron chi connectivity index (χ3n) is 3.23. The Morgan fingerprint density at radius 1 is 1.05 bits per heavy atom. The van der Waals surface area contributed by atoms with Gasteiger partial charge in [0.05, 0.1) is 6.61 Å². The van der Waals surface area contributed by atoms with Gasteiger partial charge in [-0.25, -0.2) is 4.79 Å². The molecule has 2 aromatic rings. The summed E-state index contributed by atoms with van der Waals surface area (Å²) in [4.78, 5) is 11.4. The molecule has 2 aromatic carbocycles. The van der Waals surface area contributed by atoms with E-state index in [1.165, 1.54) is 0 Å². The first-order valence-corrected chi connectivity index (χ1v) is 7.36. The first-order chi connectivity index (χ1) is 10.7. The van der Waals surface area contributed by atoms with Gasteiger partial charge >= 0.3 is 5.97 Å². The van der Waals surface area contributed by atoms with Crippen LogP contribution in [0.1, 0.15) is 18.9 Å². The minimum absolute atomic E-state index is 0.403. The molecule has 0 saturated carbocycles. The molecular formula is C18H20O4. The van der Waals surface area contributed by atoms with E-state index in [4.69, 9.17) is 9.47 Å². The second-order valence-electron chi connectivity index (χ2n) is 4.85. The third-order valence-corrected chi connectivity index (χ3v) is 3.23. The Bertz CT molecular complexity index is 595. The Kier molecular flexibility index (Phi) is 5.83. The predicted molar refractivity (Wildman–Crippen MR) is 84.4 cm³/mol. The average molecular weight is 300 g/mol. The van der Waals surface area contributed by atoms with Crippen molar-refractivity contribution in [1.82, 2.24) is 0 Å². The molecule has 0 aliphatic rings. The summed E-state index contributed by atoms with van der Waals surface area (Å²) in [6.45, 7) is 2.38. The second kappa shape index (κ2) is 8.08. The highest BCUT2D eigenvalue weighted by Gasteiger charge is 2.21. The van der Waals surface area contributed by atoms with Crippen LogP contribution in [0.5, 0.6) is 11.5 Å². The molecule has 1 unspecified atom stereocenters. The summed E-state index contributed by atoms with van der Waals surface area (Å²) in [6, 6.07) is 16.9. The smallest absolute Gasteiger partial charge is 0.344 e. The van der Waals surface area contributed by atoms with Crippen LogP contribution in [0, 0.1) is 0 Å². The lowest BCUT2D eigenvalue weighted by Gasteiger charge is -2.17. The molecule has 0 saturated heterocycles. The summed E-state index contributed by atoms with van der Waals surface area (Å²) in [6.07, 6.45) is 0.149. The monoisotopic (exact) mass is 300 g/mol. The molecule has 0 heterocycles. The second-order valence-corrected chi connectivity index (χ2v) is 4.85. The van der Waals surface area contributed by atoms with Gasteiger partial charge in [0.25, 0.3) is 0 Å². The van der Waals surface area contributed by atoms with Crippen LogP contribution in [0.3, 0.4) is 0 Å². The first-order valence-electron chi connectivity index (χ1n) is 7.36. The molecule has 0 radical (unpaired) electrons. The molecule has 4 heteroatoms. The molecule has 0 amide bonds. The fourth-order valence-electron chi connectivity index (χ4n) is 2.15. The van der Waals surface area contributed by atoms with Crippen molar-refractivity contribution in [2.45, 2.75) is 25.9 Å². The van der Waals surface area contributed by atoms with Crippen molar-refractivity contribution in [2.24, 2.45) is 0 Å². The third kappa shape index (κ3) is 4.52. The molecule has 0 aliphatic heterocycles. The number of ether oxygens (including phenoxy) is 2. The Labute approximate surface area is 130 Å². The maximum Gasteiger partial charge on any atom is 0.344 e. The fourth-order valence-corrected chi connectivity index (χ4v) is 2.15. The number of carboxylic acid groups (broad SMARTS) is 1. The van der Waals surface area contributed by atoms with Crippen molar-refractivity contribution >= 4 is 5.97 Å². The molecule has 1 N–H and O–H groups in total. The highest BCUT2D eigenvalue weighted by molar-refractivity contribution is 5.73. The molecule has 116 valence electrons. The van der Waals surface area contributed by atoms with Gasteiger partial charge in [0, 0.05) is 0 Å². The van der Waals surface area contributed by atoms with Crippen LogP contribution < -0.4 is 9.47 Å². The van der Waals surface area contributed by atoms with Crippen LogP contribution in [0.4, 0.5) is 0 Å². The largest absolute Gasteiger partial charge is 0.490 e. The van der Waals surface area contributed by atoms with Gasteiger partial charge in [0.15, 0.2) is 17.6 Å². The van der Waals surface area contributed by atoms with Crippen LogP contribution in [0.25, 0.3) is 0 Å². The number of aryl methyl sites for hydroxylation is 1. The van der Waals surface area contributed by atoms with Crippen molar-refractivity contribution in [3.63, 3.8) is 0 Å². The van der Waals surface area contributed by atoms with Crippen LogP contribution in [0.15, 0.2) is 54.6 Å². The number of carbonyl (C=O) groups is 1. The van der Waals surface area contributed by atoms with Crippen molar-refractivity contribution < 1.29 is 19.4 Å². The van der Waals surface area contributed by atoms with E-state index in [-0.39, 0.29) is 0 Å². The average Bonchev–Trinajstić information content (AvgIpc) is 2.54. The summed E-state index contributed by atoms with van der Waals surface area (Å²) < 4.78 is 11.1. The van der Waals surface area contributed by atoms with E-state index in [1.54, 1.807) is 18.2 Å². The first kappa shape index (κ1) is 15.9.